The molecule has 0 aliphatic heterocycles. The zero-order chi connectivity index (χ0) is 18.5. The van der Waals surface area contributed by atoms with Crippen molar-refractivity contribution in [2.24, 2.45) is 0 Å². The molecule has 0 saturated heterocycles. The number of aromatic nitrogens is 3. The maximum atomic E-state index is 11.5. The second-order valence-corrected chi connectivity index (χ2v) is 5.66. The van der Waals surface area contributed by atoms with Crippen LogP contribution >= 0.6 is 11.6 Å². The van der Waals surface area contributed by atoms with Crippen LogP contribution in [0.25, 0.3) is 0 Å². The van der Waals surface area contributed by atoms with Gasteiger partial charge in [0.05, 0.1) is 9.95 Å². The van der Waals surface area contributed by atoms with Gasteiger partial charge in [-0.05, 0) is 36.2 Å². The van der Waals surface area contributed by atoms with E-state index in [1.54, 1.807) is 24.3 Å². The average molecular weight is 372 g/mol. The minimum Gasteiger partial charge on any atom is -0.434 e. The van der Waals surface area contributed by atoms with Crippen LogP contribution in [0.4, 0.5) is 17.3 Å². The first-order valence-electron chi connectivity index (χ1n) is 7.71. The number of pyridine rings is 1. The predicted octanol–water partition coefficient (Wildman–Crippen LogP) is 4.53. The summed E-state index contributed by atoms with van der Waals surface area (Å²) in [5.41, 5.74) is 0.745. The van der Waals surface area contributed by atoms with E-state index in [9.17, 15) is 10.1 Å². The third kappa shape index (κ3) is 4.04. The lowest BCUT2D eigenvalue weighted by Gasteiger charge is -2.09. The normalized spacial score (nSPS) is 10.4. The summed E-state index contributed by atoms with van der Waals surface area (Å²) in [5, 5.41) is 14.8. The molecule has 2 aromatic heterocycles. The Morgan fingerprint density at radius 2 is 1.92 bits per heavy atom. The zero-order valence-electron chi connectivity index (χ0n) is 13.7. The summed E-state index contributed by atoms with van der Waals surface area (Å²) in [6.07, 6.45) is 3.49. The Morgan fingerprint density at radius 1 is 1.15 bits per heavy atom. The van der Waals surface area contributed by atoms with Crippen LogP contribution in [0.5, 0.6) is 11.6 Å². The number of aryl methyl sites for hydroxylation is 1. The Hall–Kier alpha value is -3.26. The van der Waals surface area contributed by atoms with Crippen molar-refractivity contribution >= 4 is 28.9 Å². The Balaban J connectivity index is 1.92. The van der Waals surface area contributed by atoms with E-state index in [4.69, 9.17) is 16.3 Å². The quantitative estimate of drug-likeness (QED) is 0.501. The predicted molar refractivity (Wildman–Crippen MR) is 97.1 cm³/mol. The highest BCUT2D eigenvalue weighted by Crippen LogP contribution is 2.35. The van der Waals surface area contributed by atoms with Crippen molar-refractivity contribution in [1.82, 2.24) is 15.0 Å². The van der Waals surface area contributed by atoms with Gasteiger partial charge in [-0.15, -0.1) is 0 Å². The van der Waals surface area contributed by atoms with Gasteiger partial charge in [0, 0.05) is 6.20 Å². The minimum absolute atomic E-state index is 0.0278. The molecule has 9 heteroatoms. The maximum Gasteiger partial charge on any atom is 0.373 e. The number of ether oxygens (including phenoxy) is 1. The van der Waals surface area contributed by atoms with Crippen LogP contribution < -0.4 is 10.1 Å². The van der Waals surface area contributed by atoms with Crippen LogP contribution in [0.3, 0.4) is 0 Å². The summed E-state index contributed by atoms with van der Waals surface area (Å²) < 4.78 is 5.59. The number of hydrogen-bond donors (Lipinski definition) is 1. The van der Waals surface area contributed by atoms with Crippen LogP contribution in [0.15, 0.2) is 48.9 Å². The molecule has 1 aromatic carbocycles. The van der Waals surface area contributed by atoms with E-state index in [0.717, 1.165) is 12.0 Å². The molecule has 0 aliphatic rings. The van der Waals surface area contributed by atoms with Crippen molar-refractivity contribution < 1.29 is 9.66 Å². The summed E-state index contributed by atoms with van der Waals surface area (Å²) >= 11 is 5.79. The Kier molecular flexibility index (Phi) is 5.23. The third-order valence-electron chi connectivity index (χ3n) is 3.49. The molecule has 0 spiro atoms. The van der Waals surface area contributed by atoms with Crippen molar-refractivity contribution in [3.63, 3.8) is 0 Å². The second kappa shape index (κ2) is 7.75. The molecule has 0 amide bonds. The van der Waals surface area contributed by atoms with Gasteiger partial charge in [0.1, 0.15) is 17.9 Å². The third-order valence-corrected chi connectivity index (χ3v) is 3.71. The van der Waals surface area contributed by atoms with Crippen LogP contribution in [0.1, 0.15) is 12.5 Å². The molecule has 1 N–H and O–H groups in total. The van der Waals surface area contributed by atoms with Crippen molar-refractivity contribution in [2.75, 3.05) is 5.32 Å². The van der Waals surface area contributed by atoms with Crippen molar-refractivity contribution in [2.45, 2.75) is 13.3 Å². The number of benzene rings is 1. The lowest BCUT2D eigenvalue weighted by Crippen LogP contribution is -2.04. The van der Waals surface area contributed by atoms with E-state index < -0.39 is 4.92 Å². The van der Waals surface area contributed by atoms with Gasteiger partial charge < -0.3 is 10.1 Å². The van der Waals surface area contributed by atoms with Crippen LogP contribution in [0.2, 0.25) is 5.02 Å². The van der Waals surface area contributed by atoms with E-state index in [-0.39, 0.29) is 17.4 Å². The molecule has 0 radical (unpaired) electrons. The van der Waals surface area contributed by atoms with E-state index in [2.05, 4.69) is 20.3 Å². The number of anilines is 2. The molecule has 0 fully saturated rings. The minimum atomic E-state index is -0.603. The Bertz CT molecular complexity index is 917. The van der Waals surface area contributed by atoms with Crippen LogP contribution in [-0.4, -0.2) is 19.9 Å². The monoisotopic (exact) mass is 371 g/mol. The fraction of sp³-hybridized carbons (Fsp3) is 0.118. The number of nitrogens with zero attached hydrogens (tertiary/aromatic N) is 4. The van der Waals surface area contributed by atoms with E-state index in [1.165, 1.54) is 12.5 Å². The number of rotatable bonds is 6. The second-order valence-electron chi connectivity index (χ2n) is 5.22. The summed E-state index contributed by atoms with van der Waals surface area (Å²) in [4.78, 5) is 22.8. The molecule has 3 aromatic rings. The van der Waals surface area contributed by atoms with Gasteiger partial charge in [-0.25, -0.2) is 9.97 Å². The summed E-state index contributed by atoms with van der Waals surface area (Å²) in [6.45, 7) is 2.04. The molecule has 8 nitrogen and oxygen atoms in total. The largest absolute Gasteiger partial charge is 0.434 e. The Morgan fingerprint density at radius 3 is 2.54 bits per heavy atom. The number of halogens is 1. The van der Waals surface area contributed by atoms with Crippen molar-refractivity contribution in [3.8, 4) is 11.6 Å². The molecule has 0 bridgehead atoms. The molecule has 0 atom stereocenters. The van der Waals surface area contributed by atoms with Gasteiger partial charge in [0.2, 0.25) is 5.82 Å². The van der Waals surface area contributed by atoms with Gasteiger partial charge in [-0.2, -0.15) is 4.98 Å². The smallest absolute Gasteiger partial charge is 0.373 e. The van der Waals surface area contributed by atoms with Gasteiger partial charge in [0.25, 0.3) is 0 Å². The highest BCUT2D eigenvalue weighted by molar-refractivity contribution is 6.30. The first-order valence-corrected chi connectivity index (χ1v) is 8.09. The molecule has 0 aliphatic carbocycles. The maximum absolute atomic E-state index is 11.5. The van der Waals surface area contributed by atoms with Gasteiger partial charge in [0.15, 0.2) is 0 Å². The topological polar surface area (TPSA) is 103 Å². The molecule has 132 valence electrons. The highest BCUT2D eigenvalue weighted by Gasteiger charge is 2.25. The van der Waals surface area contributed by atoms with Gasteiger partial charge in [-0.1, -0.05) is 30.7 Å². The standard InChI is InChI=1S/C17H14ClN5O3/c1-2-11-3-6-13(7-4-11)26-17-15(23(24)25)16(20-10-21-17)22-14-8-5-12(18)9-19-14/h3-10H,2H2,1H3,(H,19,20,21,22). The molecule has 3 rings (SSSR count). The zero-order valence-corrected chi connectivity index (χ0v) is 14.5. The molecular formula is C17H14ClN5O3. The van der Waals surface area contributed by atoms with Crippen molar-refractivity contribution in [3.05, 3.63) is 69.6 Å². The first kappa shape index (κ1) is 17.6. The summed E-state index contributed by atoms with van der Waals surface area (Å²) in [6, 6.07) is 10.4. The molecule has 0 saturated carbocycles. The number of nitro groups is 1. The van der Waals surface area contributed by atoms with Crippen LogP contribution in [0, 0.1) is 10.1 Å². The van der Waals surface area contributed by atoms with Gasteiger partial charge >= 0.3 is 11.6 Å². The number of nitrogens with one attached hydrogen (secondary N) is 1. The fourth-order valence-corrected chi connectivity index (χ4v) is 2.28. The van der Waals surface area contributed by atoms with Gasteiger partial charge in [-0.3, -0.25) is 10.1 Å². The lowest BCUT2D eigenvalue weighted by molar-refractivity contribution is -0.385. The molecule has 2 heterocycles. The first-order chi connectivity index (χ1) is 12.6. The van der Waals surface area contributed by atoms with Crippen LogP contribution in [-0.2, 0) is 6.42 Å². The average Bonchev–Trinajstić information content (AvgIpc) is 2.64. The van der Waals surface area contributed by atoms with E-state index in [1.807, 2.05) is 19.1 Å². The highest BCUT2D eigenvalue weighted by atomic mass is 35.5. The SMILES string of the molecule is CCc1ccc(Oc2ncnc(Nc3ccc(Cl)cn3)c2[N+](=O)[O-])cc1. The summed E-state index contributed by atoms with van der Waals surface area (Å²) in [5.74, 6) is 0.611. The Labute approximate surface area is 154 Å². The molecule has 0 unspecified atom stereocenters. The van der Waals surface area contributed by atoms with E-state index in [0.29, 0.717) is 16.6 Å². The fourth-order valence-electron chi connectivity index (χ4n) is 2.17. The summed E-state index contributed by atoms with van der Waals surface area (Å²) in [7, 11) is 0. The lowest BCUT2D eigenvalue weighted by atomic mass is 10.2. The number of hydrogen-bond acceptors (Lipinski definition) is 7. The molecular weight excluding hydrogens is 358 g/mol. The van der Waals surface area contributed by atoms with Crippen molar-refractivity contribution in [1.29, 1.82) is 0 Å². The van der Waals surface area contributed by atoms with E-state index >= 15 is 0 Å². The molecule has 26 heavy (non-hydrogen) atoms.